The van der Waals surface area contributed by atoms with Crippen LogP contribution in [0.5, 0.6) is 0 Å². The molecule has 1 aromatic heterocycles. The SMILES string of the molecule is COC(=O)CSCC1(C(=O)O)CS[C@@H]2C(N(C(C)=O)c3cccs3)C(=O)N2C1. The van der Waals surface area contributed by atoms with Crippen LogP contribution in [0.4, 0.5) is 5.00 Å². The van der Waals surface area contributed by atoms with Crippen LogP contribution >= 0.6 is 34.9 Å². The van der Waals surface area contributed by atoms with E-state index >= 15 is 0 Å². The summed E-state index contributed by atoms with van der Waals surface area (Å²) >= 11 is 3.94. The van der Waals surface area contributed by atoms with Crippen molar-refractivity contribution in [3.8, 4) is 0 Å². The number of fused-ring (bicyclic) bond motifs is 1. The molecule has 0 spiro atoms. The van der Waals surface area contributed by atoms with Gasteiger partial charge in [-0.25, -0.2) is 0 Å². The zero-order valence-electron chi connectivity index (χ0n) is 15.3. The Morgan fingerprint density at radius 3 is 2.79 bits per heavy atom. The fourth-order valence-electron chi connectivity index (χ4n) is 3.27. The molecule has 1 aromatic rings. The number of nitrogens with zero attached hydrogens (tertiary/aromatic N) is 2. The number of thiophene rings is 1. The summed E-state index contributed by atoms with van der Waals surface area (Å²) in [5.41, 5.74) is -1.13. The van der Waals surface area contributed by atoms with Crippen LogP contribution in [0.1, 0.15) is 6.92 Å². The van der Waals surface area contributed by atoms with Gasteiger partial charge in [0.15, 0.2) is 0 Å². The van der Waals surface area contributed by atoms with Crippen molar-refractivity contribution >= 4 is 63.6 Å². The molecular formula is C17H20N2O6S3. The van der Waals surface area contributed by atoms with Crippen molar-refractivity contribution in [1.29, 1.82) is 0 Å². The molecule has 0 bridgehead atoms. The number of hydrogen-bond donors (Lipinski definition) is 1. The number of carbonyl (C=O) groups is 4. The van der Waals surface area contributed by atoms with Gasteiger partial charge < -0.3 is 14.7 Å². The molecule has 2 amide bonds. The molecule has 152 valence electrons. The quantitative estimate of drug-likeness (QED) is 0.497. The number of ether oxygens (including phenoxy) is 1. The molecule has 3 heterocycles. The fourth-order valence-corrected chi connectivity index (χ4v) is 6.89. The number of esters is 1. The van der Waals surface area contributed by atoms with Gasteiger partial charge in [-0.3, -0.25) is 24.1 Å². The minimum atomic E-state index is -1.13. The van der Waals surface area contributed by atoms with Gasteiger partial charge in [0, 0.05) is 25.0 Å². The summed E-state index contributed by atoms with van der Waals surface area (Å²) in [7, 11) is 1.28. The van der Waals surface area contributed by atoms with Gasteiger partial charge in [-0.05, 0) is 17.5 Å². The molecule has 2 saturated heterocycles. The lowest BCUT2D eigenvalue weighted by molar-refractivity contribution is -0.156. The number of hydrogen-bond acceptors (Lipinski definition) is 8. The number of methoxy groups -OCH3 is 1. The highest BCUT2D eigenvalue weighted by atomic mass is 32.2. The van der Waals surface area contributed by atoms with E-state index in [1.165, 1.54) is 58.7 Å². The smallest absolute Gasteiger partial charge is 0.315 e. The molecule has 2 unspecified atom stereocenters. The fraction of sp³-hybridized carbons (Fsp3) is 0.529. The van der Waals surface area contributed by atoms with Gasteiger partial charge >= 0.3 is 11.9 Å². The third-order valence-corrected chi connectivity index (χ3v) is 8.39. The van der Waals surface area contributed by atoms with E-state index < -0.39 is 23.4 Å². The summed E-state index contributed by atoms with van der Waals surface area (Å²) in [6.07, 6.45) is 0. The van der Waals surface area contributed by atoms with Crippen LogP contribution in [0.15, 0.2) is 17.5 Å². The molecule has 2 aliphatic heterocycles. The number of rotatable bonds is 7. The number of carbonyl (C=O) groups excluding carboxylic acids is 3. The Morgan fingerprint density at radius 2 is 2.21 bits per heavy atom. The Balaban J connectivity index is 1.72. The first-order valence-electron chi connectivity index (χ1n) is 8.44. The van der Waals surface area contributed by atoms with E-state index in [4.69, 9.17) is 0 Å². The van der Waals surface area contributed by atoms with Crippen molar-refractivity contribution < 1.29 is 29.0 Å². The molecule has 2 fully saturated rings. The average molecular weight is 445 g/mol. The maximum absolute atomic E-state index is 12.8. The lowest BCUT2D eigenvalue weighted by Gasteiger charge is -2.55. The van der Waals surface area contributed by atoms with Crippen LogP contribution < -0.4 is 4.90 Å². The Kier molecular flexibility index (Phi) is 6.25. The predicted molar refractivity (Wildman–Crippen MR) is 109 cm³/mol. The molecule has 11 heteroatoms. The number of aliphatic carboxylic acids is 1. The van der Waals surface area contributed by atoms with E-state index in [9.17, 15) is 24.3 Å². The molecule has 3 atom stereocenters. The van der Waals surface area contributed by atoms with Crippen molar-refractivity contribution in [3.63, 3.8) is 0 Å². The summed E-state index contributed by atoms with van der Waals surface area (Å²) < 4.78 is 4.58. The summed E-state index contributed by atoms with van der Waals surface area (Å²) in [4.78, 5) is 51.3. The lowest BCUT2D eigenvalue weighted by Crippen LogP contribution is -2.74. The molecule has 0 saturated carbocycles. The molecule has 8 nitrogen and oxygen atoms in total. The van der Waals surface area contributed by atoms with Gasteiger partial charge in [0.05, 0.1) is 17.9 Å². The van der Waals surface area contributed by atoms with Crippen LogP contribution in [0.25, 0.3) is 0 Å². The summed E-state index contributed by atoms with van der Waals surface area (Å²) in [6.45, 7) is 1.49. The second kappa shape index (κ2) is 8.34. The first-order chi connectivity index (χ1) is 13.3. The Bertz CT molecular complexity index is 786. The van der Waals surface area contributed by atoms with Gasteiger partial charge in [0.25, 0.3) is 0 Å². The number of anilines is 1. The predicted octanol–water partition coefficient (Wildman–Crippen LogP) is 1.36. The van der Waals surface area contributed by atoms with Crippen molar-refractivity contribution in [1.82, 2.24) is 4.90 Å². The summed E-state index contributed by atoms with van der Waals surface area (Å²) in [6, 6.07) is 3.00. The van der Waals surface area contributed by atoms with Gasteiger partial charge in [0.1, 0.15) is 16.8 Å². The molecule has 1 N–H and O–H groups in total. The highest BCUT2D eigenvalue weighted by Gasteiger charge is 2.59. The molecule has 2 aliphatic rings. The Morgan fingerprint density at radius 1 is 1.46 bits per heavy atom. The zero-order chi connectivity index (χ0) is 20.5. The van der Waals surface area contributed by atoms with Gasteiger partial charge in [-0.15, -0.1) is 34.9 Å². The second-order valence-corrected chi connectivity index (χ2v) is 9.62. The maximum atomic E-state index is 12.8. The first kappa shape index (κ1) is 21.0. The molecule has 0 radical (unpaired) electrons. The first-order valence-corrected chi connectivity index (χ1v) is 11.5. The van der Waals surface area contributed by atoms with Crippen LogP contribution in [-0.2, 0) is 23.9 Å². The molecular weight excluding hydrogens is 424 g/mol. The van der Waals surface area contributed by atoms with Crippen molar-refractivity contribution in [2.75, 3.05) is 35.8 Å². The highest BCUT2D eigenvalue weighted by molar-refractivity contribution is 8.01. The molecule has 3 rings (SSSR count). The number of thioether (sulfide) groups is 2. The van der Waals surface area contributed by atoms with Crippen LogP contribution in [-0.4, -0.2) is 76.1 Å². The van der Waals surface area contributed by atoms with E-state index in [2.05, 4.69) is 4.74 Å². The van der Waals surface area contributed by atoms with E-state index in [0.29, 0.717) is 10.8 Å². The van der Waals surface area contributed by atoms with E-state index in [1.54, 1.807) is 6.07 Å². The van der Waals surface area contributed by atoms with Crippen LogP contribution in [0, 0.1) is 5.41 Å². The van der Waals surface area contributed by atoms with Gasteiger partial charge in [0.2, 0.25) is 11.8 Å². The van der Waals surface area contributed by atoms with E-state index in [1.807, 2.05) is 11.4 Å². The van der Waals surface area contributed by atoms with Crippen LogP contribution in [0.3, 0.4) is 0 Å². The monoisotopic (exact) mass is 444 g/mol. The third kappa shape index (κ3) is 3.74. The minimum Gasteiger partial charge on any atom is -0.481 e. The summed E-state index contributed by atoms with van der Waals surface area (Å²) in [5, 5.41) is 12.1. The third-order valence-electron chi connectivity index (χ3n) is 4.76. The topological polar surface area (TPSA) is 104 Å². The minimum absolute atomic E-state index is 0.0622. The van der Waals surface area contributed by atoms with E-state index in [0.717, 1.165) is 0 Å². The number of amides is 2. The van der Waals surface area contributed by atoms with E-state index in [-0.39, 0.29) is 35.2 Å². The Hall–Kier alpha value is -1.72. The molecule has 28 heavy (non-hydrogen) atoms. The maximum Gasteiger partial charge on any atom is 0.315 e. The number of β-lactam (4-membered cyclic amide) rings is 1. The lowest BCUT2D eigenvalue weighted by atomic mass is 9.89. The standard InChI is InChI=1S/C17H20N2O6S3/c1-10(20)19(11-4-3-5-27-11)13-14(22)18-7-17(16(23)24,9-28-15(13)18)8-26-6-12(21)25-2/h3-5,13,15H,6-9H2,1-2H3,(H,23,24)/t13?,15-,17?/m1/s1. The molecule has 0 aromatic carbocycles. The van der Waals surface area contributed by atoms with Crippen molar-refractivity contribution in [2.45, 2.75) is 18.3 Å². The van der Waals surface area contributed by atoms with Gasteiger partial charge in [-0.2, -0.15) is 0 Å². The second-order valence-electron chi connectivity index (χ2n) is 6.61. The number of carboxylic acid groups (broad SMARTS) is 1. The van der Waals surface area contributed by atoms with Crippen molar-refractivity contribution in [2.24, 2.45) is 5.41 Å². The molecule has 0 aliphatic carbocycles. The van der Waals surface area contributed by atoms with Gasteiger partial charge in [-0.1, -0.05) is 0 Å². The number of carboxylic acids is 1. The highest BCUT2D eigenvalue weighted by Crippen LogP contribution is 2.46. The van der Waals surface area contributed by atoms with Crippen molar-refractivity contribution in [3.05, 3.63) is 17.5 Å². The zero-order valence-corrected chi connectivity index (χ0v) is 17.8. The summed E-state index contributed by atoms with van der Waals surface area (Å²) in [5.74, 6) is -1.31. The largest absolute Gasteiger partial charge is 0.481 e. The normalized spacial score (nSPS) is 26.2. The van der Waals surface area contributed by atoms with Crippen LogP contribution in [0.2, 0.25) is 0 Å². The average Bonchev–Trinajstić information content (AvgIpc) is 3.19. The Labute approximate surface area is 174 Å².